The molecular formula is C26H33F3N4O2. The molecule has 0 spiro atoms. The van der Waals surface area contributed by atoms with Gasteiger partial charge in [-0.3, -0.25) is 4.79 Å². The van der Waals surface area contributed by atoms with Crippen molar-refractivity contribution >= 4 is 11.9 Å². The third-order valence-electron chi connectivity index (χ3n) is 6.90. The molecule has 2 atom stereocenters. The monoisotopic (exact) mass is 490 g/mol. The second-order valence-corrected chi connectivity index (χ2v) is 9.96. The maximum Gasteiger partial charge on any atom is 0.262 e. The second kappa shape index (κ2) is 10.8. The molecule has 2 aromatic rings. The van der Waals surface area contributed by atoms with Gasteiger partial charge in [-0.15, -0.1) is 0 Å². The highest BCUT2D eigenvalue weighted by Crippen LogP contribution is 2.49. The van der Waals surface area contributed by atoms with Crippen molar-refractivity contribution in [3.8, 4) is 5.75 Å². The molecule has 1 saturated carbocycles. The number of alkyl halides is 2. The average Bonchev–Trinajstić information content (AvgIpc) is 3.59. The summed E-state index contributed by atoms with van der Waals surface area (Å²) < 4.78 is 45.8. The van der Waals surface area contributed by atoms with Gasteiger partial charge >= 0.3 is 0 Å². The van der Waals surface area contributed by atoms with E-state index in [9.17, 15) is 18.0 Å². The van der Waals surface area contributed by atoms with Crippen molar-refractivity contribution in [2.24, 2.45) is 17.8 Å². The summed E-state index contributed by atoms with van der Waals surface area (Å²) in [5, 5.41) is 2.11. The number of benzene rings is 1. The van der Waals surface area contributed by atoms with Crippen molar-refractivity contribution in [3.05, 3.63) is 47.5 Å². The SMILES string of the molecule is Cc1cnc(N2CCC([C@H]3C[C@H]3CCOc3ccc(CC(=O)NCC(C)(F)F)c(F)c3)CC2)nc1. The van der Waals surface area contributed by atoms with E-state index in [4.69, 9.17) is 4.74 Å². The normalized spacial score (nSPS) is 20.5. The Hall–Kier alpha value is -2.84. The van der Waals surface area contributed by atoms with Crippen LogP contribution in [-0.4, -0.2) is 48.0 Å². The molecule has 190 valence electrons. The average molecular weight is 491 g/mol. The lowest BCUT2D eigenvalue weighted by molar-refractivity contribution is -0.122. The van der Waals surface area contributed by atoms with Crippen LogP contribution in [-0.2, 0) is 11.2 Å². The van der Waals surface area contributed by atoms with Crippen LogP contribution in [0.25, 0.3) is 0 Å². The highest BCUT2D eigenvalue weighted by atomic mass is 19.3. The number of amides is 1. The standard InChI is InChI=1S/C26H33F3N4O2/c1-17-14-30-25(31-15-17)33-8-5-18(6-9-33)22-11-19(22)7-10-35-21-4-3-20(23(27)13-21)12-24(34)32-16-26(2,28)29/h3-4,13-15,18-19,22H,5-12,16H2,1-2H3,(H,32,34)/t19-,22-/m1/s1. The van der Waals surface area contributed by atoms with Crippen molar-refractivity contribution in [2.45, 2.75) is 51.9 Å². The maximum atomic E-state index is 14.3. The lowest BCUT2D eigenvalue weighted by Crippen LogP contribution is -2.35. The number of hydrogen-bond donors (Lipinski definition) is 1. The number of halogens is 3. The second-order valence-electron chi connectivity index (χ2n) is 9.96. The molecule has 2 heterocycles. The number of rotatable bonds is 10. The number of aromatic nitrogens is 2. The molecule has 1 aromatic carbocycles. The molecule has 2 fully saturated rings. The largest absolute Gasteiger partial charge is 0.493 e. The fourth-order valence-corrected chi connectivity index (χ4v) is 4.84. The summed E-state index contributed by atoms with van der Waals surface area (Å²) >= 11 is 0. The molecule has 1 aliphatic carbocycles. The van der Waals surface area contributed by atoms with Gasteiger partial charge in [-0.05, 0) is 67.6 Å². The van der Waals surface area contributed by atoms with Gasteiger partial charge in [0.2, 0.25) is 11.9 Å². The molecule has 0 bridgehead atoms. The number of anilines is 1. The number of nitrogens with one attached hydrogen (secondary N) is 1. The van der Waals surface area contributed by atoms with E-state index in [0.717, 1.165) is 55.7 Å². The van der Waals surface area contributed by atoms with E-state index >= 15 is 0 Å². The lowest BCUT2D eigenvalue weighted by Gasteiger charge is -2.32. The first-order valence-corrected chi connectivity index (χ1v) is 12.3. The number of aryl methyl sites for hydroxylation is 1. The van der Waals surface area contributed by atoms with Gasteiger partial charge in [0.05, 0.1) is 19.6 Å². The Bertz CT molecular complexity index is 1000. The van der Waals surface area contributed by atoms with Crippen LogP contribution < -0.4 is 15.0 Å². The summed E-state index contributed by atoms with van der Waals surface area (Å²) in [5.74, 6) is -0.894. The number of piperidine rings is 1. The summed E-state index contributed by atoms with van der Waals surface area (Å²) in [5.41, 5.74) is 1.22. The van der Waals surface area contributed by atoms with Crippen LogP contribution >= 0.6 is 0 Å². The van der Waals surface area contributed by atoms with Gasteiger partial charge in [0.15, 0.2) is 0 Å². The minimum absolute atomic E-state index is 0.152. The molecule has 1 aromatic heterocycles. The van der Waals surface area contributed by atoms with E-state index in [1.807, 2.05) is 19.3 Å². The third kappa shape index (κ3) is 7.32. The number of ether oxygens (including phenoxy) is 1. The topological polar surface area (TPSA) is 67.4 Å². The molecule has 4 rings (SSSR count). The van der Waals surface area contributed by atoms with Gasteiger partial charge in [0.25, 0.3) is 5.92 Å². The van der Waals surface area contributed by atoms with Crippen molar-refractivity contribution in [3.63, 3.8) is 0 Å². The van der Waals surface area contributed by atoms with E-state index in [2.05, 4.69) is 20.2 Å². The predicted octanol–water partition coefficient (Wildman–Crippen LogP) is 4.56. The molecule has 35 heavy (non-hydrogen) atoms. The molecule has 0 radical (unpaired) electrons. The van der Waals surface area contributed by atoms with E-state index in [-0.39, 0.29) is 12.0 Å². The van der Waals surface area contributed by atoms with Crippen LogP contribution in [0.2, 0.25) is 0 Å². The van der Waals surface area contributed by atoms with Gasteiger partial charge in [-0.1, -0.05) is 6.07 Å². The van der Waals surface area contributed by atoms with Crippen LogP contribution in [0, 0.1) is 30.5 Å². The molecular weight excluding hydrogens is 457 g/mol. The fraction of sp³-hybridized carbons (Fsp3) is 0.577. The molecule has 2 aliphatic rings. The van der Waals surface area contributed by atoms with E-state index < -0.39 is 24.2 Å². The smallest absolute Gasteiger partial charge is 0.262 e. The van der Waals surface area contributed by atoms with E-state index in [0.29, 0.717) is 25.2 Å². The Morgan fingerprint density at radius 1 is 1.23 bits per heavy atom. The molecule has 0 unspecified atom stereocenters. The molecule has 1 saturated heterocycles. The van der Waals surface area contributed by atoms with E-state index in [1.54, 1.807) is 6.07 Å². The fourth-order valence-electron chi connectivity index (χ4n) is 4.84. The van der Waals surface area contributed by atoms with Crippen LogP contribution in [0.1, 0.15) is 43.7 Å². The first-order chi connectivity index (χ1) is 16.7. The summed E-state index contributed by atoms with van der Waals surface area (Å²) in [7, 11) is 0. The van der Waals surface area contributed by atoms with Crippen molar-refractivity contribution < 1.29 is 22.7 Å². The number of hydrogen-bond acceptors (Lipinski definition) is 5. The predicted molar refractivity (Wildman–Crippen MR) is 127 cm³/mol. The highest BCUT2D eigenvalue weighted by Gasteiger charge is 2.43. The Morgan fingerprint density at radius 3 is 2.60 bits per heavy atom. The third-order valence-corrected chi connectivity index (χ3v) is 6.90. The maximum absolute atomic E-state index is 14.3. The lowest BCUT2D eigenvalue weighted by atomic mass is 9.90. The summed E-state index contributed by atoms with van der Waals surface area (Å²) in [6.07, 6.45) is 7.88. The molecule has 1 aliphatic heterocycles. The molecule has 1 amide bonds. The van der Waals surface area contributed by atoms with E-state index in [1.165, 1.54) is 18.6 Å². The first kappa shape index (κ1) is 25.3. The van der Waals surface area contributed by atoms with Crippen molar-refractivity contribution in [1.29, 1.82) is 0 Å². The highest BCUT2D eigenvalue weighted by molar-refractivity contribution is 5.78. The number of carbonyl (C=O) groups is 1. The zero-order valence-corrected chi connectivity index (χ0v) is 20.3. The Labute approximate surface area is 204 Å². The Balaban J connectivity index is 1.15. The van der Waals surface area contributed by atoms with Crippen molar-refractivity contribution in [2.75, 3.05) is 31.1 Å². The van der Waals surface area contributed by atoms with Crippen LogP contribution in [0.5, 0.6) is 5.75 Å². The van der Waals surface area contributed by atoms with Crippen LogP contribution in [0.4, 0.5) is 19.1 Å². The van der Waals surface area contributed by atoms with Crippen LogP contribution in [0.3, 0.4) is 0 Å². The molecule has 1 N–H and O–H groups in total. The van der Waals surface area contributed by atoms with Gasteiger partial charge in [-0.2, -0.15) is 0 Å². The summed E-state index contributed by atoms with van der Waals surface area (Å²) in [6.45, 7) is 4.42. The van der Waals surface area contributed by atoms with Crippen molar-refractivity contribution in [1.82, 2.24) is 15.3 Å². The quantitative estimate of drug-likeness (QED) is 0.529. The van der Waals surface area contributed by atoms with Gasteiger partial charge in [0, 0.05) is 38.5 Å². The molecule has 6 nitrogen and oxygen atoms in total. The minimum Gasteiger partial charge on any atom is -0.493 e. The minimum atomic E-state index is -3.00. The van der Waals surface area contributed by atoms with Gasteiger partial charge < -0.3 is 15.0 Å². The summed E-state index contributed by atoms with van der Waals surface area (Å²) in [6, 6.07) is 4.34. The summed E-state index contributed by atoms with van der Waals surface area (Å²) in [4.78, 5) is 22.9. The number of nitrogens with zero attached hydrogens (tertiary/aromatic N) is 3. The Morgan fingerprint density at radius 2 is 1.94 bits per heavy atom. The zero-order valence-electron chi connectivity index (χ0n) is 20.3. The first-order valence-electron chi connectivity index (χ1n) is 12.3. The molecule has 9 heteroatoms. The van der Waals surface area contributed by atoms with Crippen LogP contribution in [0.15, 0.2) is 30.6 Å². The Kier molecular flexibility index (Phi) is 7.82. The number of carbonyl (C=O) groups excluding carboxylic acids is 1. The zero-order chi connectivity index (χ0) is 25.0. The van der Waals surface area contributed by atoms with Gasteiger partial charge in [-0.25, -0.2) is 23.1 Å². The van der Waals surface area contributed by atoms with Gasteiger partial charge in [0.1, 0.15) is 11.6 Å².